The lowest BCUT2D eigenvalue weighted by molar-refractivity contribution is -0.116. The summed E-state index contributed by atoms with van der Waals surface area (Å²) >= 11 is 0. The van der Waals surface area contributed by atoms with E-state index in [0.29, 0.717) is 6.42 Å². The van der Waals surface area contributed by atoms with Crippen molar-refractivity contribution in [3.05, 3.63) is 89.9 Å². The van der Waals surface area contributed by atoms with Crippen molar-refractivity contribution < 1.29 is 9.21 Å². The van der Waals surface area contributed by atoms with Gasteiger partial charge in [0.1, 0.15) is 11.5 Å². The number of benzene rings is 2. The van der Waals surface area contributed by atoms with Crippen LogP contribution in [0.1, 0.15) is 42.3 Å². The van der Waals surface area contributed by atoms with E-state index in [4.69, 9.17) is 4.42 Å². The van der Waals surface area contributed by atoms with Crippen LogP contribution in [0.5, 0.6) is 0 Å². The molecule has 0 saturated heterocycles. The van der Waals surface area contributed by atoms with Gasteiger partial charge in [0, 0.05) is 18.5 Å². The molecule has 134 valence electrons. The molecule has 0 saturated carbocycles. The topological polar surface area (TPSA) is 42.2 Å². The number of hydrogen-bond donors (Lipinski definition) is 1. The average Bonchev–Trinajstić information content (AvgIpc) is 3.07. The minimum Gasteiger partial charge on any atom is -0.466 e. The van der Waals surface area contributed by atoms with Crippen LogP contribution in [-0.2, 0) is 11.2 Å². The molecule has 0 aliphatic rings. The molecule has 3 aromatic rings. The van der Waals surface area contributed by atoms with Gasteiger partial charge in [-0.2, -0.15) is 0 Å². The second-order valence-electron chi connectivity index (χ2n) is 6.63. The van der Waals surface area contributed by atoms with Gasteiger partial charge in [0.2, 0.25) is 5.91 Å². The zero-order chi connectivity index (χ0) is 18.2. The van der Waals surface area contributed by atoms with Gasteiger partial charge in [0.25, 0.3) is 0 Å². The highest BCUT2D eigenvalue weighted by molar-refractivity contribution is 5.91. The van der Waals surface area contributed by atoms with E-state index in [2.05, 4.69) is 17.4 Å². The highest BCUT2D eigenvalue weighted by Crippen LogP contribution is 2.26. The molecule has 0 radical (unpaired) electrons. The summed E-state index contributed by atoms with van der Waals surface area (Å²) in [5.41, 5.74) is 2.06. The fourth-order valence-corrected chi connectivity index (χ4v) is 3.21. The van der Waals surface area contributed by atoms with Gasteiger partial charge in [-0.1, -0.05) is 48.5 Å². The van der Waals surface area contributed by atoms with Crippen molar-refractivity contribution >= 4 is 11.6 Å². The summed E-state index contributed by atoms with van der Waals surface area (Å²) in [7, 11) is 0. The Morgan fingerprint density at radius 2 is 1.65 bits per heavy atom. The third-order valence-electron chi connectivity index (χ3n) is 4.53. The quantitative estimate of drug-likeness (QED) is 0.566. The highest BCUT2D eigenvalue weighted by atomic mass is 16.3. The smallest absolute Gasteiger partial charge is 0.224 e. The fourth-order valence-electron chi connectivity index (χ4n) is 3.21. The molecule has 1 N–H and O–H groups in total. The van der Waals surface area contributed by atoms with Crippen LogP contribution in [0.4, 0.5) is 5.69 Å². The Kier molecular flexibility index (Phi) is 6.26. The molecule has 1 amide bonds. The van der Waals surface area contributed by atoms with Crippen molar-refractivity contribution in [2.75, 3.05) is 5.32 Å². The van der Waals surface area contributed by atoms with Crippen LogP contribution >= 0.6 is 0 Å². The molecule has 1 heterocycles. The van der Waals surface area contributed by atoms with Gasteiger partial charge >= 0.3 is 0 Å². The summed E-state index contributed by atoms with van der Waals surface area (Å²) in [4.78, 5) is 12.5. The number of carbonyl (C=O) groups excluding carboxylic acids is 1. The molecule has 1 aromatic heterocycles. The Hall–Kier alpha value is -2.81. The summed E-state index contributed by atoms with van der Waals surface area (Å²) in [5.74, 6) is 2.22. The zero-order valence-corrected chi connectivity index (χ0v) is 15.2. The van der Waals surface area contributed by atoms with Gasteiger partial charge in [-0.15, -0.1) is 0 Å². The number of amides is 1. The van der Waals surface area contributed by atoms with Crippen molar-refractivity contribution in [3.8, 4) is 0 Å². The van der Waals surface area contributed by atoms with Gasteiger partial charge in [0.15, 0.2) is 0 Å². The molecule has 0 aliphatic heterocycles. The van der Waals surface area contributed by atoms with Crippen molar-refractivity contribution in [1.82, 2.24) is 0 Å². The van der Waals surface area contributed by atoms with Gasteiger partial charge < -0.3 is 9.73 Å². The Morgan fingerprint density at radius 1 is 0.962 bits per heavy atom. The molecule has 0 fully saturated rings. The maximum atomic E-state index is 12.5. The first-order valence-electron chi connectivity index (χ1n) is 9.16. The van der Waals surface area contributed by atoms with Crippen LogP contribution in [0.15, 0.2) is 77.2 Å². The normalized spacial score (nSPS) is 11.9. The summed E-state index contributed by atoms with van der Waals surface area (Å²) in [6, 6.07) is 23.9. The van der Waals surface area contributed by atoms with E-state index in [1.165, 1.54) is 5.56 Å². The fraction of sp³-hybridized carbons (Fsp3) is 0.261. The van der Waals surface area contributed by atoms with Crippen molar-refractivity contribution in [2.24, 2.45) is 0 Å². The van der Waals surface area contributed by atoms with Crippen LogP contribution in [0, 0.1) is 6.92 Å². The van der Waals surface area contributed by atoms with Crippen LogP contribution in [0.2, 0.25) is 0 Å². The molecule has 3 nitrogen and oxygen atoms in total. The Labute approximate surface area is 155 Å². The molecule has 1 unspecified atom stereocenters. The van der Waals surface area contributed by atoms with Gasteiger partial charge in [-0.05, 0) is 55.5 Å². The zero-order valence-electron chi connectivity index (χ0n) is 15.2. The predicted octanol–water partition coefficient (Wildman–Crippen LogP) is 5.72. The van der Waals surface area contributed by atoms with Crippen LogP contribution in [0.3, 0.4) is 0 Å². The molecular formula is C23H25NO2. The summed E-state index contributed by atoms with van der Waals surface area (Å²) in [6.45, 7) is 1.96. The second-order valence-corrected chi connectivity index (χ2v) is 6.63. The van der Waals surface area contributed by atoms with Crippen molar-refractivity contribution in [2.45, 2.75) is 38.5 Å². The number of furan rings is 1. The summed E-state index contributed by atoms with van der Waals surface area (Å²) < 4.78 is 5.65. The maximum absolute atomic E-state index is 12.5. The van der Waals surface area contributed by atoms with E-state index >= 15 is 0 Å². The number of para-hydroxylation sites is 1. The first-order chi connectivity index (χ1) is 12.7. The Bertz CT molecular complexity index is 808. The Balaban J connectivity index is 1.60. The van der Waals surface area contributed by atoms with E-state index in [0.717, 1.165) is 36.5 Å². The number of hydrogen-bond acceptors (Lipinski definition) is 2. The Morgan fingerprint density at radius 3 is 2.31 bits per heavy atom. The average molecular weight is 347 g/mol. The van der Waals surface area contributed by atoms with E-state index in [-0.39, 0.29) is 11.8 Å². The minimum absolute atomic E-state index is 0.0545. The lowest BCUT2D eigenvalue weighted by Gasteiger charge is -2.17. The maximum Gasteiger partial charge on any atom is 0.224 e. The van der Waals surface area contributed by atoms with Crippen molar-refractivity contribution in [3.63, 3.8) is 0 Å². The van der Waals surface area contributed by atoms with Crippen molar-refractivity contribution in [1.29, 1.82) is 0 Å². The largest absolute Gasteiger partial charge is 0.466 e. The first kappa shape index (κ1) is 18.0. The third kappa shape index (κ3) is 5.35. The van der Waals surface area contributed by atoms with E-state index < -0.39 is 0 Å². The lowest BCUT2D eigenvalue weighted by Crippen LogP contribution is -2.16. The molecule has 0 bridgehead atoms. The second kappa shape index (κ2) is 9.04. The summed E-state index contributed by atoms with van der Waals surface area (Å²) in [6.07, 6.45) is 3.32. The molecule has 0 aliphatic carbocycles. The number of aryl methyl sites for hydroxylation is 2. The van der Waals surface area contributed by atoms with E-state index in [1.807, 2.05) is 67.6 Å². The predicted molar refractivity (Wildman–Crippen MR) is 105 cm³/mol. The lowest BCUT2D eigenvalue weighted by atomic mass is 9.90. The monoisotopic (exact) mass is 347 g/mol. The minimum atomic E-state index is 0.0545. The number of anilines is 1. The van der Waals surface area contributed by atoms with Gasteiger partial charge in [-0.3, -0.25) is 4.79 Å². The number of carbonyl (C=O) groups is 1. The van der Waals surface area contributed by atoms with Crippen LogP contribution in [-0.4, -0.2) is 5.91 Å². The molecule has 1 atom stereocenters. The van der Waals surface area contributed by atoms with Gasteiger partial charge in [0.05, 0.1) is 0 Å². The highest BCUT2D eigenvalue weighted by Gasteiger charge is 2.16. The SMILES string of the molecule is Cc1ccc(CCCC(CC(=O)Nc2ccccc2)c2ccccc2)o1. The molecule has 2 aromatic carbocycles. The van der Waals surface area contributed by atoms with Gasteiger partial charge in [-0.25, -0.2) is 0 Å². The first-order valence-corrected chi connectivity index (χ1v) is 9.16. The molecule has 3 heteroatoms. The van der Waals surface area contributed by atoms with Crippen LogP contribution in [0.25, 0.3) is 0 Å². The van der Waals surface area contributed by atoms with Crippen LogP contribution < -0.4 is 5.32 Å². The molecule has 0 spiro atoms. The van der Waals surface area contributed by atoms with E-state index in [1.54, 1.807) is 0 Å². The molecule has 26 heavy (non-hydrogen) atoms. The number of rotatable bonds is 8. The summed E-state index contributed by atoms with van der Waals surface area (Å²) in [5, 5.41) is 3.00. The third-order valence-corrected chi connectivity index (χ3v) is 4.53. The molecular weight excluding hydrogens is 322 g/mol. The standard InChI is InChI=1S/C23H25NO2/c1-18-15-16-22(26-18)14-8-11-20(19-9-4-2-5-10-19)17-23(25)24-21-12-6-3-7-13-21/h2-7,9-10,12-13,15-16,20H,8,11,14,17H2,1H3,(H,24,25). The molecule has 3 rings (SSSR count). The number of nitrogens with one attached hydrogen (secondary N) is 1. The van der Waals surface area contributed by atoms with E-state index in [9.17, 15) is 4.79 Å².